The average molecular weight is 262 g/mol. The Morgan fingerprint density at radius 1 is 1.26 bits per heavy atom. The Kier molecular flexibility index (Phi) is 4.59. The van der Waals surface area contributed by atoms with Crippen LogP contribution in [0.15, 0.2) is 30.3 Å². The summed E-state index contributed by atoms with van der Waals surface area (Å²) in [5.74, 6) is -0.546. The summed E-state index contributed by atoms with van der Waals surface area (Å²) in [6.45, 7) is 2.06. The van der Waals surface area contributed by atoms with E-state index in [1.54, 1.807) is 6.92 Å². The lowest BCUT2D eigenvalue weighted by Gasteiger charge is -2.36. The number of esters is 1. The van der Waals surface area contributed by atoms with Crippen LogP contribution in [0.25, 0.3) is 0 Å². The number of carbonyl (C=O) groups excluding carboxylic acids is 1. The van der Waals surface area contributed by atoms with Crippen LogP contribution >= 0.6 is 0 Å². The van der Waals surface area contributed by atoms with Crippen LogP contribution in [0.4, 0.5) is 0 Å². The average Bonchev–Trinajstić information content (AvgIpc) is 2.48. The van der Waals surface area contributed by atoms with E-state index < -0.39 is 11.6 Å². The summed E-state index contributed by atoms with van der Waals surface area (Å²) in [6.07, 6.45) is 5.08. The van der Waals surface area contributed by atoms with E-state index in [9.17, 15) is 9.90 Å². The third-order valence-electron chi connectivity index (χ3n) is 4.00. The van der Waals surface area contributed by atoms with Gasteiger partial charge in [0, 0.05) is 5.92 Å². The summed E-state index contributed by atoms with van der Waals surface area (Å²) < 4.78 is 5.13. The largest absolute Gasteiger partial charge is 0.464 e. The zero-order chi connectivity index (χ0) is 13.7. The van der Waals surface area contributed by atoms with Crippen LogP contribution in [0, 0.1) is 5.92 Å². The molecule has 1 aromatic rings. The van der Waals surface area contributed by atoms with Crippen molar-refractivity contribution in [2.45, 2.75) is 44.6 Å². The summed E-state index contributed by atoms with van der Waals surface area (Å²) in [5, 5.41) is 11.0. The van der Waals surface area contributed by atoms with Crippen molar-refractivity contribution < 1.29 is 14.6 Å². The molecule has 1 aliphatic rings. The number of hydrogen-bond donors (Lipinski definition) is 1. The number of aliphatic hydroxyl groups is 1. The van der Waals surface area contributed by atoms with Crippen LogP contribution in [-0.2, 0) is 15.1 Å². The van der Waals surface area contributed by atoms with E-state index in [1.165, 1.54) is 6.42 Å². The molecule has 19 heavy (non-hydrogen) atoms. The van der Waals surface area contributed by atoms with Crippen molar-refractivity contribution >= 4 is 5.97 Å². The molecule has 2 rings (SSSR count). The molecule has 0 radical (unpaired) electrons. The molecule has 104 valence electrons. The fraction of sp³-hybridized carbons (Fsp3) is 0.562. The quantitative estimate of drug-likeness (QED) is 0.848. The second-order valence-electron chi connectivity index (χ2n) is 5.19. The predicted molar refractivity (Wildman–Crippen MR) is 73.5 cm³/mol. The highest BCUT2D eigenvalue weighted by Crippen LogP contribution is 2.40. The highest BCUT2D eigenvalue weighted by atomic mass is 16.5. The van der Waals surface area contributed by atoms with Gasteiger partial charge in [-0.05, 0) is 25.3 Å². The number of rotatable bonds is 4. The first-order valence-corrected chi connectivity index (χ1v) is 7.14. The number of ether oxygens (including phenoxy) is 1. The van der Waals surface area contributed by atoms with Crippen molar-refractivity contribution in [1.29, 1.82) is 0 Å². The van der Waals surface area contributed by atoms with E-state index in [4.69, 9.17) is 4.74 Å². The van der Waals surface area contributed by atoms with Crippen LogP contribution in [-0.4, -0.2) is 17.7 Å². The van der Waals surface area contributed by atoms with Crippen molar-refractivity contribution in [1.82, 2.24) is 0 Å². The summed E-state index contributed by atoms with van der Waals surface area (Å²) in [6, 6.07) is 9.21. The second kappa shape index (κ2) is 6.20. The molecule has 1 saturated carbocycles. The van der Waals surface area contributed by atoms with Crippen molar-refractivity contribution in [3.05, 3.63) is 35.9 Å². The minimum atomic E-state index is -1.49. The zero-order valence-corrected chi connectivity index (χ0v) is 11.5. The fourth-order valence-corrected chi connectivity index (χ4v) is 2.97. The first-order valence-electron chi connectivity index (χ1n) is 7.14. The first-order chi connectivity index (χ1) is 9.19. The summed E-state index contributed by atoms with van der Waals surface area (Å²) >= 11 is 0. The highest BCUT2D eigenvalue weighted by Gasteiger charge is 2.46. The molecule has 0 bridgehead atoms. The predicted octanol–water partition coefficient (Wildman–Crippen LogP) is 3.02. The Balaban J connectivity index is 2.34. The lowest BCUT2D eigenvalue weighted by molar-refractivity contribution is -0.175. The maximum absolute atomic E-state index is 12.3. The molecule has 1 unspecified atom stereocenters. The van der Waals surface area contributed by atoms with Gasteiger partial charge in [0.15, 0.2) is 5.60 Å². The van der Waals surface area contributed by atoms with Crippen LogP contribution < -0.4 is 0 Å². The Morgan fingerprint density at radius 2 is 1.89 bits per heavy atom. The monoisotopic (exact) mass is 262 g/mol. The Hall–Kier alpha value is -1.35. The van der Waals surface area contributed by atoms with Gasteiger partial charge in [-0.25, -0.2) is 4.79 Å². The van der Waals surface area contributed by atoms with Gasteiger partial charge < -0.3 is 9.84 Å². The van der Waals surface area contributed by atoms with Crippen LogP contribution in [0.2, 0.25) is 0 Å². The van der Waals surface area contributed by atoms with Gasteiger partial charge in [0.2, 0.25) is 0 Å². The molecule has 0 saturated heterocycles. The molecule has 3 heteroatoms. The lowest BCUT2D eigenvalue weighted by Crippen LogP contribution is -2.45. The molecule has 0 aromatic heterocycles. The Labute approximate surface area is 114 Å². The Morgan fingerprint density at radius 3 is 2.47 bits per heavy atom. The van der Waals surface area contributed by atoms with Gasteiger partial charge in [-0.1, -0.05) is 49.6 Å². The smallest absolute Gasteiger partial charge is 0.343 e. The van der Waals surface area contributed by atoms with Crippen molar-refractivity contribution in [2.24, 2.45) is 5.92 Å². The lowest BCUT2D eigenvalue weighted by atomic mass is 9.73. The molecular weight excluding hydrogens is 240 g/mol. The summed E-state index contributed by atoms with van der Waals surface area (Å²) in [7, 11) is 0. The highest BCUT2D eigenvalue weighted by molar-refractivity contribution is 5.81. The van der Waals surface area contributed by atoms with E-state index in [-0.39, 0.29) is 5.92 Å². The third kappa shape index (κ3) is 2.81. The molecule has 1 aromatic carbocycles. The van der Waals surface area contributed by atoms with Gasteiger partial charge in [0.1, 0.15) is 0 Å². The second-order valence-corrected chi connectivity index (χ2v) is 5.19. The van der Waals surface area contributed by atoms with Gasteiger partial charge in [-0.3, -0.25) is 0 Å². The van der Waals surface area contributed by atoms with E-state index >= 15 is 0 Å². The summed E-state index contributed by atoms with van der Waals surface area (Å²) in [5.41, 5.74) is -0.835. The molecule has 1 fully saturated rings. The molecular formula is C16H22O3. The molecule has 1 aliphatic carbocycles. The van der Waals surface area contributed by atoms with Crippen LogP contribution in [0.3, 0.4) is 0 Å². The maximum Gasteiger partial charge on any atom is 0.343 e. The standard InChI is InChI=1S/C16H22O3/c1-2-19-15(17)16(18,13-9-5-3-6-10-13)14-11-7-4-8-12-14/h3,5-6,9-10,14,18H,2,4,7-8,11-12H2,1H3. The zero-order valence-electron chi connectivity index (χ0n) is 11.5. The van der Waals surface area contributed by atoms with Crippen molar-refractivity contribution in [3.63, 3.8) is 0 Å². The van der Waals surface area contributed by atoms with E-state index in [1.807, 2.05) is 30.3 Å². The molecule has 1 atom stereocenters. The van der Waals surface area contributed by atoms with Crippen LogP contribution in [0.1, 0.15) is 44.6 Å². The number of carbonyl (C=O) groups is 1. The van der Waals surface area contributed by atoms with Gasteiger partial charge >= 0.3 is 5.97 Å². The van der Waals surface area contributed by atoms with Crippen LogP contribution in [0.5, 0.6) is 0 Å². The normalized spacial score (nSPS) is 19.7. The van der Waals surface area contributed by atoms with E-state index in [0.29, 0.717) is 12.2 Å². The minimum absolute atomic E-state index is 0.0392. The molecule has 0 amide bonds. The first kappa shape index (κ1) is 14.1. The van der Waals surface area contributed by atoms with E-state index in [2.05, 4.69) is 0 Å². The van der Waals surface area contributed by atoms with Gasteiger partial charge in [-0.2, -0.15) is 0 Å². The third-order valence-corrected chi connectivity index (χ3v) is 4.00. The molecule has 1 N–H and O–H groups in total. The topological polar surface area (TPSA) is 46.5 Å². The maximum atomic E-state index is 12.3. The fourth-order valence-electron chi connectivity index (χ4n) is 2.97. The number of hydrogen-bond acceptors (Lipinski definition) is 3. The molecule has 0 spiro atoms. The number of benzene rings is 1. The van der Waals surface area contributed by atoms with Crippen molar-refractivity contribution in [2.75, 3.05) is 6.61 Å². The minimum Gasteiger partial charge on any atom is -0.464 e. The van der Waals surface area contributed by atoms with Gasteiger partial charge in [-0.15, -0.1) is 0 Å². The van der Waals surface area contributed by atoms with Gasteiger partial charge in [0.05, 0.1) is 6.61 Å². The van der Waals surface area contributed by atoms with Gasteiger partial charge in [0.25, 0.3) is 0 Å². The Bertz CT molecular complexity index is 409. The summed E-state index contributed by atoms with van der Waals surface area (Å²) in [4.78, 5) is 12.3. The van der Waals surface area contributed by atoms with E-state index in [0.717, 1.165) is 25.7 Å². The molecule has 3 nitrogen and oxygen atoms in total. The molecule has 0 aliphatic heterocycles. The SMILES string of the molecule is CCOC(=O)C(O)(c1ccccc1)C1CCCCC1. The van der Waals surface area contributed by atoms with Crippen molar-refractivity contribution in [3.8, 4) is 0 Å². The molecule has 0 heterocycles.